The molecule has 2 saturated heterocycles. The normalized spacial score (nSPS) is 24.8. The first-order chi connectivity index (χ1) is 10.2. The largest absolute Gasteiger partial charge is 0.380 e. The quantitative estimate of drug-likeness (QED) is 0.904. The van der Waals surface area contributed by atoms with Gasteiger partial charge >= 0.3 is 0 Å². The first-order valence-corrected chi connectivity index (χ1v) is 8.35. The summed E-state index contributed by atoms with van der Waals surface area (Å²) in [4.78, 5) is 2.55. The summed E-state index contributed by atoms with van der Waals surface area (Å²) in [6.45, 7) is 8.74. The minimum Gasteiger partial charge on any atom is -0.380 e. The molecule has 1 aromatic rings. The van der Waals surface area contributed by atoms with Crippen molar-refractivity contribution in [2.75, 3.05) is 25.0 Å². The molecule has 0 aliphatic carbocycles. The Kier molecular flexibility index (Phi) is 4.80. The highest BCUT2D eigenvalue weighted by atomic mass is 16.5. The van der Waals surface area contributed by atoms with E-state index in [2.05, 4.69) is 35.4 Å². The van der Waals surface area contributed by atoms with Crippen molar-refractivity contribution in [3.8, 4) is 0 Å². The average Bonchev–Trinajstić information content (AvgIpc) is 3.12. The molecular weight excluding hydrogens is 264 g/mol. The maximum atomic E-state index is 5.66. The number of nitrogens with zero attached hydrogens (tertiary/aromatic N) is 3. The predicted octanol–water partition coefficient (Wildman–Crippen LogP) is 2.35. The smallest absolute Gasteiger partial charge is 0.0771 e. The van der Waals surface area contributed by atoms with Crippen LogP contribution in [0.4, 0.5) is 5.69 Å². The first kappa shape index (κ1) is 14.9. The lowest BCUT2D eigenvalue weighted by Crippen LogP contribution is -2.42. The van der Waals surface area contributed by atoms with E-state index in [1.54, 1.807) is 0 Å². The van der Waals surface area contributed by atoms with E-state index in [0.717, 1.165) is 25.3 Å². The van der Waals surface area contributed by atoms with Gasteiger partial charge in [-0.2, -0.15) is 5.10 Å². The van der Waals surface area contributed by atoms with Crippen LogP contribution < -0.4 is 5.32 Å². The third-order valence-corrected chi connectivity index (χ3v) is 4.68. The lowest BCUT2D eigenvalue weighted by Gasteiger charge is -2.35. The van der Waals surface area contributed by atoms with Gasteiger partial charge in [0.2, 0.25) is 0 Å². The molecular formula is C16H28N4O. The second kappa shape index (κ2) is 6.79. The van der Waals surface area contributed by atoms with Crippen molar-refractivity contribution in [2.45, 2.75) is 64.3 Å². The van der Waals surface area contributed by atoms with Crippen molar-refractivity contribution in [3.05, 3.63) is 12.4 Å². The van der Waals surface area contributed by atoms with Gasteiger partial charge in [-0.25, -0.2) is 0 Å². The molecule has 0 bridgehead atoms. The van der Waals surface area contributed by atoms with E-state index in [1.165, 1.54) is 32.4 Å². The Balaban J connectivity index is 1.46. The first-order valence-electron chi connectivity index (χ1n) is 8.35. The summed E-state index contributed by atoms with van der Waals surface area (Å²) < 4.78 is 7.68. The summed E-state index contributed by atoms with van der Waals surface area (Å²) in [7, 11) is 0. The summed E-state index contributed by atoms with van der Waals surface area (Å²) in [5, 5.41) is 8.09. The minimum atomic E-state index is 0.354. The van der Waals surface area contributed by atoms with Gasteiger partial charge in [-0.05, 0) is 39.5 Å². The highest BCUT2D eigenvalue weighted by Crippen LogP contribution is 2.19. The molecule has 2 aliphatic heterocycles. The molecule has 1 N–H and O–H groups in total. The van der Waals surface area contributed by atoms with Crippen LogP contribution >= 0.6 is 0 Å². The van der Waals surface area contributed by atoms with Gasteiger partial charge in [0.15, 0.2) is 0 Å². The lowest BCUT2D eigenvalue weighted by atomic mass is 10.0. The summed E-state index contributed by atoms with van der Waals surface area (Å²) in [5.74, 6) is 0. The Morgan fingerprint density at radius 3 is 2.81 bits per heavy atom. The van der Waals surface area contributed by atoms with Gasteiger partial charge in [0.05, 0.1) is 24.5 Å². The highest BCUT2D eigenvalue weighted by molar-refractivity contribution is 5.39. The van der Waals surface area contributed by atoms with Crippen molar-refractivity contribution in [1.82, 2.24) is 14.7 Å². The molecule has 0 radical (unpaired) electrons. The van der Waals surface area contributed by atoms with Gasteiger partial charge < -0.3 is 15.0 Å². The van der Waals surface area contributed by atoms with Crippen molar-refractivity contribution < 1.29 is 4.74 Å². The van der Waals surface area contributed by atoms with Gasteiger partial charge in [0.1, 0.15) is 0 Å². The Morgan fingerprint density at radius 2 is 2.14 bits per heavy atom. The number of piperidine rings is 1. The van der Waals surface area contributed by atoms with E-state index in [9.17, 15) is 0 Å². The number of likely N-dealkylation sites (tertiary alicyclic amines) is 1. The monoisotopic (exact) mass is 292 g/mol. The fourth-order valence-corrected chi connectivity index (χ4v) is 3.33. The minimum absolute atomic E-state index is 0.354. The fraction of sp³-hybridized carbons (Fsp3) is 0.812. The fourth-order valence-electron chi connectivity index (χ4n) is 3.33. The predicted molar refractivity (Wildman–Crippen MR) is 84.6 cm³/mol. The molecule has 2 aliphatic rings. The maximum Gasteiger partial charge on any atom is 0.0771 e. The third-order valence-electron chi connectivity index (χ3n) is 4.68. The zero-order chi connectivity index (χ0) is 14.7. The van der Waals surface area contributed by atoms with Gasteiger partial charge in [0.25, 0.3) is 0 Å². The molecule has 1 unspecified atom stereocenters. The van der Waals surface area contributed by atoms with Gasteiger partial charge in [-0.1, -0.05) is 0 Å². The van der Waals surface area contributed by atoms with Crippen molar-refractivity contribution >= 4 is 5.69 Å². The van der Waals surface area contributed by atoms with Crippen LogP contribution in [0.5, 0.6) is 0 Å². The molecule has 0 spiro atoms. The highest BCUT2D eigenvalue weighted by Gasteiger charge is 2.21. The molecule has 2 fully saturated rings. The average molecular weight is 292 g/mol. The summed E-state index contributed by atoms with van der Waals surface area (Å²) in [6, 6.07) is 1.25. The van der Waals surface area contributed by atoms with Crippen molar-refractivity contribution in [1.29, 1.82) is 0 Å². The summed E-state index contributed by atoms with van der Waals surface area (Å²) in [5.41, 5.74) is 1.15. The van der Waals surface area contributed by atoms with E-state index in [-0.39, 0.29) is 0 Å². The van der Waals surface area contributed by atoms with E-state index in [1.807, 2.05) is 10.9 Å². The van der Waals surface area contributed by atoms with E-state index in [0.29, 0.717) is 18.2 Å². The van der Waals surface area contributed by atoms with Gasteiger partial charge in [0, 0.05) is 38.0 Å². The second-order valence-electron chi connectivity index (χ2n) is 6.63. The molecule has 0 amide bonds. The lowest BCUT2D eigenvalue weighted by molar-refractivity contribution is 0.0940. The summed E-state index contributed by atoms with van der Waals surface area (Å²) in [6.07, 6.45) is 9.21. The molecule has 3 heterocycles. The third kappa shape index (κ3) is 3.98. The zero-order valence-electron chi connectivity index (χ0n) is 13.3. The van der Waals surface area contributed by atoms with Crippen LogP contribution in [-0.2, 0) is 11.3 Å². The van der Waals surface area contributed by atoms with E-state index >= 15 is 0 Å². The van der Waals surface area contributed by atoms with E-state index < -0.39 is 0 Å². The van der Waals surface area contributed by atoms with Crippen LogP contribution in [0.15, 0.2) is 12.4 Å². The number of ether oxygens (including phenoxy) is 1. The van der Waals surface area contributed by atoms with Crippen LogP contribution in [0.2, 0.25) is 0 Å². The topological polar surface area (TPSA) is 42.3 Å². The van der Waals surface area contributed by atoms with Crippen LogP contribution in [0.25, 0.3) is 0 Å². The Morgan fingerprint density at radius 1 is 1.33 bits per heavy atom. The number of hydrogen-bond donors (Lipinski definition) is 1. The van der Waals surface area contributed by atoms with Crippen LogP contribution in [0, 0.1) is 0 Å². The number of nitrogens with one attached hydrogen (secondary N) is 1. The number of rotatable bonds is 5. The molecule has 21 heavy (non-hydrogen) atoms. The number of anilines is 1. The summed E-state index contributed by atoms with van der Waals surface area (Å²) >= 11 is 0. The van der Waals surface area contributed by atoms with Gasteiger partial charge in [-0.3, -0.25) is 4.68 Å². The Labute approximate surface area is 127 Å². The zero-order valence-corrected chi connectivity index (χ0v) is 13.3. The molecule has 5 heteroatoms. The van der Waals surface area contributed by atoms with Crippen molar-refractivity contribution in [3.63, 3.8) is 0 Å². The van der Waals surface area contributed by atoms with Crippen molar-refractivity contribution in [2.24, 2.45) is 0 Å². The molecule has 118 valence electrons. The second-order valence-corrected chi connectivity index (χ2v) is 6.63. The molecule has 1 atom stereocenters. The molecule has 0 aromatic carbocycles. The number of aromatic nitrogens is 2. The standard InChI is InChI=1S/C16H28N4O/c1-13(2)19-7-5-14(6-8-19)18-15-10-17-20(11-15)12-16-4-3-9-21-16/h10-11,13-14,16,18H,3-9,12H2,1-2H3. The Hall–Kier alpha value is -1.07. The SMILES string of the molecule is CC(C)N1CCC(Nc2cnn(CC3CCCO3)c2)CC1. The van der Waals surface area contributed by atoms with Gasteiger partial charge in [-0.15, -0.1) is 0 Å². The van der Waals surface area contributed by atoms with Crippen LogP contribution in [0.3, 0.4) is 0 Å². The van der Waals surface area contributed by atoms with Crippen LogP contribution in [0.1, 0.15) is 39.5 Å². The van der Waals surface area contributed by atoms with Crippen LogP contribution in [-0.4, -0.2) is 52.6 Å². The maximum absolute atomic E-state index is 5.66. The molecule has 0 saturated carbocycles. The molecule has 3 rings (SSSR count). The van der Waals surface area contributed by atoms with E-state index in [4.69, 9.17) is 4.74 Å². The molecule has 5 nitrogen and oxygen atoms in total. The number of hydrogen-bond acceptors (Lipinski definition) is 4. The Bertz CT molecular complexity index is 431. The molecule has 1 aromatic heterocycles.